The minimum absolute atomic E-state index is 0.0429. The summed E-state index contributed by atoms with van der Waals surface area (Å²) in [5, 5.41) is 2.51. The molecule has 3 nitrogen and oxygen atoms in total. The van der Waals surface area contributed by atoms with E-state index in [1.54, 1.807) is 0 Å². The quantitative estimate of drug-likeness (QED) is 0.150. The Kier molecular flexibility index (Phi) is 10.2. The largest absolute Gasteiger partial charge is 0.334 e. The van der Waals surface area contributed by atoms with Crippen LogP contribution in [0.4, 0.5) is 28.4 Å². The molecule has 2 heterocycles. The topological polar surface area (TPSA) is 11.4 Å². The number of fused-ring (bicyclic) bond motifs is 11. The molecule has 2 aliphatic carbocycles. The SMILES string of the molecule is C1=CC(N(c2ccc(-c3ccc4c5ccccc5n(-c5ccccc5)c4c3)cc2)c2ccccc2-c2cccc(-c3ccccc3)c2)CC2=C1c1ccccc1C21c2ccccc2N(c2ccccc2)c2ccccc21. The van der Waals surface area contributed by atoms with Gasteiger partial charge >= 0.3 is 0 Å². The van der Waals surface area contributed by atoms with Gasteiger partial charge in [-0.3, -0.25) is 0 Å². The molecule has 15 rings (SSSR count). The maximum absolute atomic E-state index is 2.62. The molecule has 0 saturated carbocycles. The van der Waals surface area contributed by atoms with E-state index in [9.17, 15) is 0 Å². The summed E-state index contributed by atoms with van der Waals surface area (Å²) in [5.41, 5.74) is 24.0. The van der Waals surface area contributed by atoms with Gasteiger partial charge in [0.15, 0.2) is 0 Å². The lowest BCUT2D eigenvalue weighted by Gasteiger charge is -2.47. The summed E-state index contributed by atoms with van der Waals surface area (Å²) in [6, 6.07) is 103. The van der Waals surface area contributed by atoms with Crippen LogP contribution in [0.25, 0.3) is 66.4 Å². The number of hydrogen-bond donors (Lipinski definition) is 0. The van der Waals surface area contributed by atoms with Crippen molar-refractivity contribution in [2.24, 2.45) is 0 Å². The highest BCUT2D eigenvalue weighted by molar-refractivity contribution is 6.10. The van der Waals surface area contributed by atoms with Crippen molar-refractivity contribution in [3.8, 4) is 39.1 Å². The van der Waals surface area contributed by atoms with E-state index in [0.717, 1.165) is 29.2 Å². The summed E-state index contributed by atoms with van der Waals surface area (Å²) in [4.78, 5) is 5.10. The van der Waals surface area contributed by atoms with Crippen LogP contribution in [0.2, 0.25) is 0 Å². The first-order valence-corrected chi connectivity index (χ1v) is 26.5. The lowest BCUT2D eigenvalue weighted by atomic mass is 9.62. The molecule has 1 spiro atoms. The molecule has 0 N–H and O–H groups in total. The zero-order valence-electron chi connectivity index (χ0n) is 41.8. The first kappa shape index (κ1) is 43.8. The van der Waals surface area contributed by atoms with E-state index in [4.69, 9.17) is 0 Å². The predicted octanol–water partition coefficient (Wildman–Crippen LogP) is 18.8. The minimum atomic E-state index is -0.534. The van der Waals surface area contributed by atoms with Gasteiger partial charge in [0.2, 0.25) is 0 Å². The van der Waals surface area contributed by atoms with E-state index in [2.05, 4.69) is 306 Å². The highest BCUT2D eigenvalue weighted by atomic mass is 15.2. The molecule has 0 radical (unpaired) electrons. The third kappa shape index (κ3) is 6.75. The van der Waals surface area contributed by atoms with Crippen LogP contribution in [0.1, 0.15) is 28.7 Å². The fraction of sp³-hybridized carbons (Fsp3) is 0.0411. The summed E-state index contributed by atoms with van der Waals surface area (Å²) in [6.07, 6.45) is 5.73. The first-order valence-electron chi connectivity index (χ1n) is 26.5. The first-order chi connectivity index (χ1) is 37.7. The molecule has 0 fully saturated rings. The van der Waals surface area contributed by atoms with Crippen LogP contribution in [0.3, 0.4) is 0 Å². The van der Waals surface area contributed by atoms with E-state index < -0.39 is 5.41 Å². The van der Waals surface area contributed by atoms with Gasteiger partial charge in [-0.25, -0.2) is 0 Å². The second-order valence-corrected chi connectivity index (χ2v) is 20.3. The summed E-state index contributed by atoms with van der Waals surface area (Å²) in [6.45, 7) is 0. The van der Waals surface area contributed by atoms with Gasteiger partial charge in [0.1, 0.15) is 0 Å². The van der Waals surface area contributed by atoms with Gasteiger partial charge in [-0.15, -0.1) is 0 Å². The van der Waals surface area contributed by atoms with Gasteiger partial charge in [0.25, 0.3) is 0 Å². The second-order valence-electron chi connectivity index (χ2n) is 20.3. The summed E-state index contributed by atoms with van der Waals surface area (Å²) < 4.78 is 2.41. The maximum Gasteiger partial charge on any atom is 0.0718 e. The standard InChI is InChI=1S/C73H51N3/c1-4-21-50(22-5-1)52-23-20-24-54(47-52)59-29-11-16-35-68(59)74(57-42-39-51(40-43-57)53-41-45-63-62-31-12-17-36-69(62)75(72(63)48-53)55-25-6-2-7-26-55)58-44-46-61-60-30-10-13-32-64(60)73(67(61)49-58)65-33-14-18-37-70(65)76(56-27-8-3-9-28-56)71-38-19-15-34-66(71)73/h1-48,58H,49H2. The summed E-state index contributed by atoms with van der Waals surface area (Å²) in [5.74, 6) is 0. The molecular formula is C73H51N3. The van der Waals surface area contributed by atoms with Crippen LogP contribution >= 0.6 is 0 Å². The number of aromatic nitrogens is 1. The number of allylic oxidation sites excluding steroid dienone is 2. The van der Waals surface area contributed by atoms with Crippen molar-refractivity contribution in [2.45, 2.75) is 17.9 Å². The van der Waals surface area contributed by atoms with Crippen LogP contribution < -0.4 is 9.80 Å². The molecule has 0 amide bonds. The van der Waals surface area contributed by atoms with Crippen molar-refractivity contribution in [3.63, 3.8) is 0 Å². The van der Waals surface area contributed by atoms with Crippen molar-refractivity contribution in [1.29, 1.82) is 0 Å². The number of anilines is 5. The van der Waals surface area contributed by atoms with Crippen LogP contribution in [0.5, 0.6) is 0 Å². The van der Waals surface area contributed by atoms with Gasteiger partial charge in [0, 0.05) is 39.1 Å². The summed E-state index contributed by atoms with van der Waals surface area (Å²) in [7, 11) is 0. The van der Waals surface area contributed by atoms with E-state index >= 15 is 0 Å². The number of rotatable bonds is 8. The molecule has 3 heteroatoms. The normalized spacial score (nSPS) is 14.9. The van der Waals surface area contributed by atoms with Gasteiger partial charge < -0.3 is 14.4 Å². The Balaban J connectivity index is 0.899. The highest BCUT2D eigenvalue weighted by Gasteiger charge is 2.53. The van der Waals surface area contributed by atoms with Crippen molar-refractivity contribution in [2.75, 3.05) is 9.80 Å². The van der Waals surface area contributed by atoms with Crippen molar-refractivity contribution in [3.05, 3.63) is 319 Å². The van der Waals surface area contributed by atoms with E-state index in [1.165, 1.54) is 100.0 Å². The molecule has 1 aromatic heterocycles. The number of nitrogens with zero attached hydrogens (tertiary/aromatic N) is 3. The van der Waals surface area contributed by atoms with E-state index in [1.807, 2.05) is 0 Å². The van der Waals surface area contributed by atoms with Crippen LogP contribution in [-0.2, 0) is 5.41 Å². The van der Waals surface area contributed by atoms with E-state index in [0.29, 0.717) is 0 Å². The van der Waals surface area contributed by atoms with Crippen LogP contribution in [-0.4, -0.2) is 10.6 Å². The molecule has 0 bridgehead atoms. The van der Waals surface area contributed by atoms with Crippen molar-refractivity contribution >= 4 is 55.8 Å². The number of para-hydroxylation sites is 6. The Hall–Kier alpha value is -9.70. The third-order valence-electron chi connectivity index (χ3n) is 16.4. The minimum Gasteiger partial charge on any atom is -0.334 e. The highest BCUT2D eigenvalue weighted by Crippen LogP contribution is 2.64. The van der Waals surface area contributed by atoms with E-state index in [-0.39, 0.29) is 6.04 Å². The van der Waals surface area contributed by atoms with Gasteiger partial charge in [-0.2, -0.15) is 0 Å². The number of hydrogen-bond acceptors (Lipinski definition) is 2. The van der Waals surface area contributed by atoms with Crippen LogP contribution in [0, 0.1) is 0 Å². The Morgan fingerprint density at radius 2 is 0.921 bits per heavy atom. The Bertz CT molecular complexity index is 4210. The molecule has 3 aliphatic rings. The van der Waals surface area contributed by atoms with Crippen LogP contribution in [0.15, 0.2) is 297 Å². The molecule has 1 unspecified atom stereocenters. The second kappa shape index (κ2) is 17.8. The monoisotopic (exact) mass is 969 g/mol. The lowest BCUT2D eigenvalue weighted by molar-refractivity contribution is 0.647. The van der Waals surface area contributed by atoms with Crippen molar-refractivity contribution in [1.82, 2.24) is 4.57 Å². The molecule has 0 saturated heterocycles. The third-order valence-corrected chi connectivity index (χ3v) is 16.4. The molecule has 76 heavy (non-hydrogen) atoms. The molecule has 12 aromatic rings. The fourth-order valence-corrected chi connectivity index (χ4v) is 13.2. The molecule has 1 aliphatic heterocycles. The van der Waals surface area contributed by atoms with Gasteiger partial charge in [0.05, 0.1) is 33.9 Å². The molecule has 358 valence electrons. The average molecular weight is 970 g/mol. The zero-order chi connectivity index (χ0) is 50.2. The maximum atomic E-state index is 2.62. The number of benzene rings is 11. The smallest absolute Gasteiger partial charge is 0.0718 e. The summed E-state index contributed by atoms with van der Waals surface area (Å²) >= 11 is 0. The Morgan fingerprint density at radius 1 is 0.382 bits per heavy atom. The predicted molar refractivity (Wildman–Crippen MR) is 318 cm³/mol. The van der Waals surface area contributed by atoms with Crippen molar-refractivity contribution < 1.29 is 0 Å². The average Bonchev–Trinajstić information content (AvgIpc) is 3.99. The zero-order valence-corrected chi connectivity index (χ0v) is 41.8. The molecular weight excluding hydrogens is 919 g/mol. The van der Waals surface area contributed by atoms with Gasteiger partial charge in [-0.05, 0) is 140 Å². The van der Waals surface area contributed by atoms with Gasteiger partial charge in [-0.1, -0.05) is 218 Å². The Labute approximate surface area is 443 Å². The fourth-order valence-electron chi connectivity index (χ4n) is 13.2. The molecule has 11 aromatic carbocycles. The molecule has 1 atom stereocenters. The lowest BCUT2D eigenvalue weighted by Crippen LogP contribution is -2.40. The Morgan fingerprint density at radius 3 is 1.67 bits per heavy atom.